The van der Waals surface area contributed by atoms with Crippen molar-refractivity contribution in [3.05, 3.63) is 12.7 Å². The fourth-order valence-corrected chi connectivity index (χ4v) is 3.14. The molecule has 2 heteroatoms. The molecule has 0 aromatic rings. The molecular formula is C14H22O2. The van der Waals surface area contributed by atoms with Crippen LogP contribution in [0, 0.1) is 0 Å². The van der Waals surface area contributed by atoms with Gasteiger partial charge in [-0.1, -0.05) is 31.8 Å². The highest BCUT2D eigenvalue weighted by Crippen LogP contribution is 2.48. The minimum atomic E-state index is 0.151. The van der Waals surface area contributed by atoms with E-state index in [-0.39, 0.29) is 5.60 Å². The van der Waals surface area contributed by atoms with Crippen LogP contribution in [0.25, 0.3) is 0 Å². The van der Waals surface area contributed by atoms with E-state index in [9.17, 15) is 0 Å². The lowest BCUT2D eigenvalue weighted by Crippen LogP contribution is -2.15. The fraction of sp³-hybridized carbons (Fsp3) is 0.857. The molecule has 0 N–H and O–H groups in total. The molecular weight excluding hydrogens is 200 g/mol. The Hall–Kier alpha value is -0.340. The summed E-state index contributed by atoms with van der Waals surface area (Å²) in [6.07, 6.45) is 14.6. The second kappa shape index (κ2) is 4.15. The summed E-state index contributed by atoms with van der Waals surface area (Å²) in [5.41, 5.74) is 0.151. The first-order chi connectivity index (χ1) is 7.84. The molecule has 0 spiro atoms. The SMILES string of the molecule is C1CCC2OC2C1.C=CC12CCCCC1O2. The van der Waals surface area contributed by atoms with E-state index in [1.165, 1.54) is 51.4 Å². The molecule has 4 fully saturated rings. The third kappa shape index (κ3) is 2.05. The van der Waals surface area contributed by atoms with Crippen molar-refractivity contribution >= 4 is 0 Å². The van der Waals surface area contributed by atoms with E-state index in [0.717, 1.165) is 0 Å². The standard InChI is InChI=1S/C8H12O.C6H10O/c1-2-8-6-4-3-5-7(8)9-8;1-2-4-6-5(3-1)7-6/h2,7H,1,3-6H2;5-6H,1-4H2. The van der Waals surface area contributed by atoms with Crippen LogP contribution in [0.3, 0.4) is 0 Å². The lowest BCUT2D eigenvalue weighted by molar-refractivity contribution is 0.329. The Morgan fingerprint density at radius 1 is 1.00 bits per heavy atom. The lowest BCUT2D eigenvalue weighted by Gasteiger charge is -2.11. The van der Waals surface area contributed by atoms with Gasteiger partial charge in [0, 0.05) is 0 Å². The molecule has 4 unspecified atom stereocenters. The molecule has 2 aliphatic heterocycles. The maximum Gasteiger partial charge on any atom is 0.113 e. The van der Waals surface area contributed by atoms with Gasteiger partial charge in [0.1, 0.15) is 5.60 Å². The molecule has 4 atom stereocenters. The van der Waals surface area contributed by atoms with Gasteiger partial charge in [-0.3, -0.25) is 0 Å². The van der Waals surface area contributed by atoms with Crippen molar-refractivity contribution in [2.45, 2.75) is 75.3 Å². The molecule has 0 bridgehead atoms. The predicted molar refractivity (Wildman–Crippen MR) is 63.4 cm³/mol. The molecule has 2 saturated carbocycles. The fourth-order valence-electron chi connectivity index (χ4n) is 3.14. The number of epoxide rings is 2. The van der Waals surface area contributed by atoms with Crippen LogP contribution in [0.1, 0.15) is 51.4 Å². The van der Waals surface area contributed by atoms with Crippen LogP contribution in [-0.2, 0) is 9.47 Å². The van der Waals surface area contributed by atoms with Crippen LogP contribution in [0.5, 0.6) is 0 Å². The Bertz CT molecular complexity index is 266. The van der Waals surface area contributed by atoms with Crippen molar-refractivity contribution in [1.29, 1.82) is 0 Å². The monoisotopic (exact) mass is 222 g/mol. The summed E-state index contributed by atoms with van der Waals surface area (Å²) >= 11 is 0. The molecule has 2 nitrogen and oxygen atoms in total. The second-order valence-electron chi connectivity index (χ2n) is 5.51. The largest absolute Gasteiger partial charge is 0.370 e. The molecule has 4 rings (SSSR count). The van der Waals surface area contributed by atoms with E-state index in [1.54, 1.807) is 0 Å². The minimum absolute atomic E-state index is 0.151. The molecule has 2 aliphatic carbocycles. The number of hydrogen-bond acceptors (Lipinski definition) is 2. The van der Waals surface area contributed by atoms with Crippen LogP contribution in [0.2, 0.25) is 0 Å². The average Bonchev–Trinajstić information content (AvgIpc) is 3.23. The van der Waals surface area contributed by atoms with Gasteiger partial charge in [-0.15, -0.1) is 6.58 Å². The second-order valence-corrected chi connectivity index (χ2v) is 5.51. The van der Waals surface area contributed by atoms with Gasteiger partial charge in [0.25, 0.3) is 0 Å². The third-order valence-corrected chi connectivity index (χ3v) is 4.39. The van der Waals surface area contributed by atoms with Crippen LogP contribution in [0.15, 0.2) is 12.7 Å². The van der Waals surface area contributed by atoms with Gasteiger partial charge in [0.2, 0.25) is 0 Å². The number of hydrogen-bond donors (Lipinski definition) is 0. The highest BCUT2D eigenvalue weighted by molar-refractivity contribution is 5.15. The highest BCUT2D eigenvalue weighted by atomic mass is 16.6. The van der Waals surface area contributed by atoms with Gasteiger partial charge >= 0.3 is 0 Å². The van der Waals surface area contributed by atoms with Gasteiger partial charge in [0.15, 0.2) is 0 Å². The van der Waals surface area contributed by atoms with E-state index < -0.39 is 0 Å². The quantitative estimate of drug-likeness (QED) is 0.503. The first kappa shape index (κ1) is 10.8. The van der Waals surface area contributed by atoms with E-state index in [2.05, 4.69) is 6.58 Å². The number of rotatable bonds is 1. The maximum atomic E-state index is 5.50. The predicted octanol–water partition coefficient (Wildman–Crippen LogP) is 3.21. The zero-order valence-corrected chi connectivity index (χ0v) is 9.99. The Balaban J connectivity index is 0.000000104. The van der Waals surface area contributed by atoms with Crippen molar-refractivity contribution < 1.29 is 9.47 Å². The lowest BCUT2D eigenvalue weighted by atomic mass is 9.89. The summed E-state index contributed by atoms with van der Waals surface area (Å²) in [6.45, 7) is 3.77. The smallest absolute Gasteiger partial charge is 0.113 e. The van der Waals surface area contributed by atoms with Crippen molar-refractivity contribution in [3.8, 4) is 0 Å². The van der Waals surface area contributed by atoms with Gasteiger partial charge in [-0.25, -0.2) is 0 Å². The average molecular weight is 222 g/mol. The Kier molecular flexibility index (Phi) is 2.80. The summed E-state index contributed by atoms with van der Waals surface area (Å²) in [5, 5.41) is 0. The van der Waals surface area contributed by atoms with Crippen LogP contribution >= 0.6 is 0 Å². The zero-order valence-electron chi connectivity index (χ0n) is 9.99. The van der Waals surface area contributed by atoms with Crippen molar-refractivity contribution in [1.82, 2.24) is 0 Å². The maximum absolute atomic E-state index is 5.50. The summed E-state index contributed by atoms with van der Waals surface area (Å²) in [7, 11) is 0. The Labute approximate surface area is 98.0 Å². The van der Waals surface area contributed by atoms with Crippen LogP contribution in [0.4, 0.5) is 0 Å². The first-order valence-corrected chi connectivity index (χ1v) is 6.81. The zero-order chi connectivity index (χ0) is 11.0. The molecule has 0 amide bonds. The molecule has 2 heterocycles. The van der Waals surface area contributed by atoms with E-state index in [1.807, 2.05) is 6.08 Å². The van der Waals surface area contributed by atoms with Crippen molar-refractivity contribution in [3.63, 3.8) is 0 Å². The molecule has 0 radical (unpaired) electrons. The van der Waals surface area contributed by atoms with Gasteiger partial charge < -0.3 is 9.47 Å². The third-order valence-electron chi connectivity index (χ3n) is 4.39. The van der Waals surface area contributed by atoms with Gasteiger partial charge in [-0.05, 0) is 25.7 Å². The van der Waals surface area contributed by atoms with Crippen molar-refractivity contribution in [2.75, 3.05) is 0 Å². The molecule has 0 aromatic heterocycles. The summed E-state index contributed by atoms with van der Waals surface area (Å²) in [4.78, 5) is 0. The van der Waals surface area contributed by atoms with Gasteiger partial charge in [-0.2, -0.15) is 0 Å². The molecule has 2 saturated heterocycles. The molecule has 16 heavy (non-hydrogen) atoms. The molecule has 90 valence electrons. The van der Waals surface area contributed by atoms with Crippen molar-refractivity contribution in [2.24, 2.45) is 0 Å². The molecule has 4 aliphatic rings. The normalized spacial score (nSPS) is 47.9. The van der Waals surface area contributed by atoms with E-state index in [4.69, 9.17) is 9.47 Å². The van der Waals surface area contributed by atoms with Crippen LogP contribution < -0.4 is 0 Å². The number of fused-ring (bicyclic) bond motifs is 2. The minimum Gasteiger partial charge on any atom is -0.370 e. The summed E-state index contributed by atoms with van der Waals surface area (Å²) in [6, 6.07) is 0. The highest BCUT2D eigenvalue weighted by Gasteiger charge is 2.54. The first-order valence-electron chi connectivity index (χ1n) is 6.81. The van der Waals surface area contributed by atoms with Crippen LogP contribution in [-0.4, -0.2) is 23.9 Å². The van der Waals surface area contributed by atoms with Gasteiger partial charge in [0.05, 0.1) is 18.3 Å². The summed E-state index contributed by atoms with van der Waals surface area (Å²) in [5.74, 6) is 0. The Morgan fingerprint density at radius 3 is 2.19 bits per heavy atom. The number of ether oxygens (including phenoxy) is 2. The topological polar surface area (TPSA) is 25.1 Å². The van der Waals surface area contributed by atoms with E-state index >= 15 is 0 Å². The van der Waals surface area contributed by atoms with E-state index in [0.29, 0.717) is 18.3 Å². The molecule has 0 aromatic carbocycles. The Morgan fingerprint density at radius 2 is 1.69 bits per heavy atom. The summed E-state index contributed by atoms with van der Waals surface area (Å²) < 4.78 is 10.8.